The third-order valence-electron chi connectivity index (χ3n) is 5.34. The Bertz CT molecular complexity index is 909. The molecule has 0 aliphatic carbocycles. The number of carbonyl (C=O) groups is 2. The molecule has 3 heterocycles. The number of likely N-dealkylation sites (tertiary alicyclic amines) is 1. The maximum Gasteiger partial charge on any atom is 0.255 e. The van der Waals surface area contributed by atoms with Gasteiger partial charge in [0.15, 0.2) is 0 Å². The number of fused-ring (bicyclic) bond motifs is 1. The van der Waals surface area contributed by atoms with E-state index in [4.69, 9.17) is 11.6 Å². The van der Waals surface area contributed by atoms with Gasteiger partial charge in [0, 0.05) is 30.7 Å². The number of halogens is 1. The number of carbonyl (C=O) groups excluding carboxylic acids is 2. The van der Waals surface area contributed by atoms with Crippen molar-refractivity contribution in [2.75, 3.05) is 18.4 Å². The number of Topliss-reactive ketones (excluding diaryl/α,β-unsaturated/α-hetero) is 1. The fraction of sp³-hybridized carbons (Fsp3) is 0.480. The average Bonchev–Trinajstić information content (AvgIpc) is 3.31. The molecule has 0 saturated carbocycles. The molecule has 2 atom stereocenters. The van der Waals surface area contributed by atoms with E-state index in [0.29, 0.717) is 11.5 Å². The highest BCUT2D eigenvalue weighted by atomic mass is 35.5. The molecule has 2 aliphatic rings. The summed E-state index contributed by atoms with van der Waals surface area (Å²) in [5.41, 5.74) is 2.71. The molecule has 31 heavy (non-hydrogen) atoms. The van der Waals surface area contributed by atoms with Crippen LogP contribution in [0.3, 0.4) is 0 Å². The highest BCUT2D eigenvalue weighted by Crippen LogP contribution is 2.38. The maximum atomic E-state index is 12.7. The van der Waals surface area contributed by atoms with E-state index in [1.807, 2.05) is 49.1 Å². The van der Waals surface area contributed by atoms with Gasteiger partial charge in [0.1, 0.15) is 11.6 Å². The third kappa shape index (κ3) is 6.30. The Labute approximate surface area is 191 Å². The van der Waals surface area contributed by atoms with Crippen molar-refractivity contribution < 1.29 is 9.59 Å². The predicted molar refractivity (Wildman–Crippen MR) is 128 cm³/mol. The minimum absolute atomic E-state index is 0.0970. The molecule has 1 N–H and O–H groups in total. The molecule has 0 spiro atoms. The minimum Gasteiger partial charge on any atom is -0.360 e. The van der Waals surface area contributed by atoms with Gasteiger partial charge in [-0.15, -0.1) is 0 Å². The van der Waals surface area contributed by atoms with E-state index >= 15 is 0 Å². The number of ketones is 1. The van der Waals surface area contributed by atoms with Gasteiger partial charge in [0.2, 0.25) is 0 Å². The molecule has 1 unspecified atom stereocenters. The van der Waals surface area contributed by atoms with Crippen LogP contribution >= 0.6 is 11.6 Å². The van der Waals surface area contributed by atoms with Crippen LogP contribution in [0.4, 0.5) is 5.82 Å². The summed E-state index contributed by atoms with van der Waals surface area (Å²) < 4.78 is 0. The van der Waals surface area contributed by atoms with Gasteiger partial charge in [-0.3, -0.25) is 4.79 Å². The largest absolute Gasteiger partial charge is 0.360 e. The molecule has 168 valence electrons. The fourth-order valence-electron chi connectivity index (χ4n) is 3.86. The number of hydrogen-bond acceptors (Lipinski definition) is 4. The average molecular weight is 444 g/mol. The van der Waals surface area contributed by atoms with Crippen LogP contribution in [0.15, 0.2) is 36.5 Å². The molecule has 6 heteroatoms. The van der Waals surface area contributed by atoms with Gasteiger partial charge < -0.3 is 15.0 Å². The van der Waals surface area contributed by atoms with Gasteiger partial charge >= 0.3 is 0 Å². The molecular weight excluding hydrogens is 410 g/mol. The smallest absolute Gasteiger partial charge is 0.255 e. The quantitative estimate of drug-likeness (QED) is 0.644. The molecule has 4 rings (SSSR count). The SMILES string of the molecule is CC.CC(C)=O.C[C@H]1CCN(C(=O)c2cnc3c(c2)CC(C)(c2ccc(Cl)cc2)N3)C1. The summed E-state index contributed by atoms with van der Waals surface area (Å²) >= 11 is 6.01. The van der Waals surface area contributed by atoms with Crippen LogP contribution in [0, 0.1) is 5.92 Å². The summed E-state index contributed by atoms with van der Waals surface area (Å²) in [6.07, 6.45) is 3.58. The predicted octanol–water partition coefficient (Wildman–Crippen LogP) is 5.72. The molecule has 2 aliphatic heterocycles. The molecule has 2 aromatic rings. The van der Waals surface area contributed by atoms with Gasteiger partial charge in [-0.25, -0.2) is 4.98 Å². The minimum atomic E-state index is -0.232. The van der Waals surface area contributed by atoms with Crippen LogP contribution in [-0.4, -0.2) is 34.7 Å². The van der Waals surface area contributed by atoms with Gasteiger partial charge in [-0.05, 0) is 62.4 Å². The summed E-state index contributed by atoms with van der Waals surface area (Å²) in [6.45, 7) is 13.1. The zero-order valence-corrected chi connectivity index (χ0v) is 20.2. The van der Waals surface area contributed by atoms with Crippen LogP contribution in [0.1, 0.15) is 69.4 Å². The van der Waals surface area contributed by atoms with Crippen LogP contribution < -0.4 is 5.32 Å². The van der Waals surface area contributed by atoms with Crippen molar-refractivity contribution in [2.24, 2.45) is 5.92 Å². The van der Waals surface area contributed by atoms with Crippen molar-refractivity contribution in [3.8, 4) is 0 Å². The fourth-order valence-corrected chi connectivity index (χ4v) is 3.98. The highest BCUT2D eigenvalue weighted by molar-refractivity contribution is 6.30. The molecule has 5 nitrogen and oxygen atoms in total. The lowest BCUT2D eigenvalue weighted by Crippen LogP contribution is -2.29. The van der Waals surface area contributed by atoms with E-state index in [1.54, 1.807) is 6.20 Å². The maximum absolute atomic E-state index is 12.7. The molecule has 1 fully saturated rings. The summed E-state index contributed by atoms with van der Waals surface area (Å²) in [5, 5.41) is 4.24. The number of anilines is 1. The summed E-state index contributed by atoms with van der Waals surface area (Å²) in [6, 6.07) is 9.90. The number of hydrogen-bond donors (Lipinski definition) is 1. The second-order valence-electron chi connectivity index (χ2n) is 8.43. The molecule has 0 radical (unpaired) electrons. The van der Waals surface area contributed by atoms with E-state index in [-0.39, 0.29) is 17.2 Å². The lowest BCUT2D eigenvalue weighted by Gasteiger charge is -2.25. The van der Waals surface area contributed by atoms with Crippen molar-refractivity contribution in [1.29, 1.82) is 0 Å². The number of aromatic nitrogens is 1. The Hall–Kier alpha value is -2.40. The van der Waals surface area contributed by atoms with Crippen LogP contribution in [-0.2, 0) is 16.8 Å². The second-order valence-corrected chi connectivity index (χ2v) is 8.86. The Balaban J connectivity index is 0.000000513. The van der Waals surface area contributed by atoms with E-state index in [2.05, 4.69) is 24.1 Å². The Morgan fingerprint density at radius 1 is 1.19 bits per heavy atom. The number of nitrogens with one attached hydrogen (secondary N) is 1. The number of pyridine rings is 1. The Morgan fingerprint density at radius 3 is 2.35 bits per heavy atom. The number of nitrogens with zero attached hydrogens (tertiary/aromatic N) is 2. The second kappa shape index (κ2) is 10.8. The van der Waals surface area contributed by atoms with Crippen molar-refractivity contribution in [1.82, 2.24) is 9.88 Å². The van der Waals surface area contributed by atoms with Crippen molar-refractivity contribution in [3.63, 3.8) is 0 Å². The molecular formula is C25H34ClN3O2. The van der Waals surface area contributed by atoms with Crippen molar-refractivity contribution in [2.45, 2.75) is 59.9 Å². The molecule has 0 bridgehead atoms. The summed E-state index contributed by atoms with van der Waals surface area (Å²) in [7, 11) is 0. The highest BCUT2D eigenvalue weighted by Gasteiger charge is 2.35. The summed E-state index contributed by atoms with van der Waals surface area (Å²) in [4.78, 5) is 28.6. The van der Waals surface area contributed by atoms with Crippen LogP contribution in [0.5, 0.6) is 0 Å². The first-order valence-electron chi connectivity index (χ1n) is 11.0. The molecule has 1 saturated heterocycles. The Kier molecular flexibility index (Phi) is 8.63. The van der Waals surface area contributed by atoms with Crippen molar-refractivity contribution >= 4 is 29.1 Å². The van der Waals surface area contributed by atoms with E-state index < -0.39 is 0 Å². The van der Waals surface area contributed by atoms with Gasteiger partial charge in [-0.2, -0.15) is 0 Å². The number of rotatable bonds is 2. The standard InChI is InChI=1S/C20H22ClN3O.C3H6O.C2H6/c1-13-7-8-24(12-13)19(25)15-9-14-10-20(2,23-18(14)22-11-15)16-3-5-17(21)6-4-16;1-3(2)4;1-2/h3-6,9,11,13H,7-8,10,12H2,1-2H3,(H,22,23);1-2H3;1-2H3/t13-,20?;;/m0../s1. The van der Waals surface area contributed by atoms with Crippen LogP contribution in [0.25, 0.3) is 0 Å². The monoisotopic (exact) mass is 443 g/mol. The first-order valence-corrected chi connectivity index (χ1v) is 11.4. The molecule has 1 aromatic carbocycles. The van der Waals surface area contributed by atoms with Gasteiger partial charge in [0.05, 0.1) is 11.1 Å². The first-order chi connectivity index (χ1) is 14.7. The lowest BCUT2D eigenvalue weighted by atomic mass is 9.89. The van der Waals surface area contributed by atoms with E-state index in [0.717, 1.165) is 47.9 Å². The number of benzene rings is 1. The van der Waals surface area contributed by atoms with E-state index in [1.165, 1.54) is 13.8 Å². The van der Waals surface area contributed by atoms with Crippen LogP contribution in [0.2, 0.25) is 5.02 Å². The zero-order valence-electron chi connectivity index (χ0n) is 19.5. The number of amides is 1. The van der Waals surface area contributed by atoms with Gasteiger partial charge in [-0.1, -0.05) is 44.5 Å². The first kappa shape index (κ1) is 24.9. The van der Waals surface area contributed by atoms with Crippen molar-refractivity contribution in [3.05, 3.63) is 58.2 Å². The molecule has 1 aromatic heterocycles. The Morgan fingerprint density at radius 2 is 1.81 bits per heavy atom. The van der Waals surface area contributed by atoms with Gasteiger partial charge in [0.25, 0.3) is 5.91 Å². The summed E-state index contributed by atoms with van der Waals surface area (Å²) in [5.74, 6) is 1.71. The third-order valence-corrected chi connectivity index (χ3v) is 5.60. The lowest BCUT2D eigenvalue weighted by molar-refractivity contribution is -0.115. The van der Waals surface area contributed by atoms with E-state index in [9.17, 15) is 9.59 Å². The normalized spacial score (nSPS) is 21.1. The zero-order chi connectivity index (χ0) is 23.2. The molecule has 1 amide bonds. The topological polar surface area (TPSA) is 62.3 Å².